The van der Waals surface area contributed by atoms with Crippen LogP contribution in [0.15, 0.2) is 0 Å². The number of carbonyl (C=O) groups is 1. The van der Waals surface area contributed by atoms with Gasteiger partial charge in [-0.3, -0.25) is 4.79 Å². The van der Waals surface area contributed by atoms with Crippen LogP contribution in [0.1, 0.15) is 26.7 Å². The molecule has 96 valence electrons. The monoisotopic (exact) mass is 250 g/mol. The zero-order chi connectivity index (χ0) is 12.9. The highest BCUT2D eigenvalue weighted by Gasteiger charge is 2.23. The molecule has 0 aromatic rings. The fourth-order valence-corrected chi connectivity index (χ4v) is 2.56. The van der Waals surface area contributed by atoms with E-state index in [2.05, 4.69) is 0 Å². The van der Waals surface area contributed by atoms with E-state index in [1.54, 1.807) is 14.0 Å². The molecule has 16 heavy (non-hydrogen) atoms. The lowest BCUT2D eigenvalue weighted by atomic mass is 10.1. The van der Waals surface area contributed by atoms with Crippen molar-refractivity contribution >= 4 is 15.7 Å². The number of likely N-dealkylation sites (N-methyl/N-ethyl adjacent to an activating group) is 1. The van der Waals surface area contributed by atoms with E-state index in [1.165, 1.54) is 4.90 Å². The second-order valence-corrected chi connectivity index (χ2v) is 6.47. The molecule has 0 heterocycles. The van der Waals surface area contributed by atoms with E-state index in [1.807, 2.05) is 6.92 Å². The Kier molecular flexibility index (Phi) is 5.96. The van der Waals surface area contributed by atoms with Gasteiger partial charge in [-0.25, -0.2) is 8.42 Å². The molecular weight excluding hydrogens is 228 g/mol. The number of nitrogens with zero attached hydrogens (tertiary/aromatic N) is 1. The minimum atomic E-state index is -3.07. The lowest BCUT2D eigenvalue weighted by Crippen LogP contribution is -2.47. The van der Waals surface area contributed by atoms with Gasteiger partial charge in [0.05, 0.1) is 11.8 Å². The summed E-state index contributed by atoms with van der Waals surface area (Å²) >= 11 is 0. The smallest absolute Gasteiger partial charge is 0.239 e. The van der Waals surface area contributed by atoms with Gasteiger partial charge in [-0.1, -0.05) is 13.3 Å². The Hall–Kier alpha value is -0.620. The molecule has 0 aliphatic carbocycles. The topological polar surface area (TPSA) is 80.5 Å². The Balaban J connectivity index is 4.43. The SMILES string of the molecule is CCCC(N)C(=O)N(C)C(C)CS(C)(=O)=O. The molecule has 0 aromatic heterocycles. The molecule has 0 radical (unpaired) electrons. The highest BCUT2D eigenvalue weighted by molar-refractivity contribution is 7.90. The van der Waals surface area contributed by atoms with Crippen molar-refractivity contribution in [1.82, 2.24) is 4.90 Å². The second kappa shape index (κ2) is 6.20. The molecule has 2 N–H and O–H groups in total. The van der Waals surface area contributed by atoms with Gasteiger partial charge in [0.15, 0.2) is 0 Å². The molecule has 0 aliphatic heterocycles. The lowest BCUT2D eigenvalue weighted by molar-refractivity contribution is -0.132. The average molecular weight is 250 g/mol. The molecule has 1 amide bonds. The largest absolute Gasteiger partial charge is 0.341 e. The fourth-order valence-electron chi connectivity index (χ4n) is 1.46. The second-order valence-electron chi connectivity index (χ2n) is 4.29. The number of nitrogens with two attached hydrogens (primary N) is 1. The molecule has 2 unspecified atom stereocenters. The van der Waals surface area contributed by atoms with Crippen LogP contribution in [0.5, 0.6) is 0 Å². The third-order valence-electron chi connectivity index (χ3n) is 2.47. The third-order valence-corrected chi connectivity index (χ3v) is 3.56. The predicted octanol–water partition coefficient (Wildman–Crippen LogP) is 0.00530. The van der Waals surface area contributed by atoms with Gasteiger partial charge in [0.1, 0.15) is 9.84 Å². The van der Waals surface area contributed by atoms with Crippen LogP contribution in [0.2, 0.25) is 0 Å². The van der Waals surface area contributed by atoms with Crippen LogP contribution in [0, 0.1) is 0 Å². The van der Waals surface area contributed by atoms with Gasteiger partial charge in [-0.15, -0.1) is 0 Å². The van der Waals surface area contributed by atoms with Crippen LogP contribution in [0.4, 0.5) is 0 Å². The summed E-state index contributed by atoms with van der Waals surface area (Å²) in [6.45, 7) is 3.66. The summed E-state index contributed by atoms with van der Waals surface area (Å²) in [5, 5.41) is 0. The maximum Gasteiger partial charge on any atom is 0.239 e. The van der Waals surface area contributed by atoms with Gasteiger partial charge in [0.25, 0.3) is 0 Å². The summed E-state index contributed by atoms with van der Waals surface area (Å²) in [6, 6.07) is -0.873. The first-order chi connectivity index (χ1) is 7.19. The number of rotatable bonds is 6. The molecule has 0 spiro atoms. The normalized spacial score (nSPS) is 15.6. The number of hydrogen-bond donors (Lipinski definition) is 1. The first kappa shape index (κ1) is 15.4. The molecule has 0 rings (SSSR count). The maximum atomic E-state index is 11.8. The van der Waals surface area contributed by atoms with Crippen molar-refractivity contribution < 1.29 is 13.2 Å². The number of amides is 1. The van der Waals surface area contributed by atoms with Crippen LogP contribution >= 0.6 is 0 Å². The molecular formula is C10H22N2O3S. The fraction of sp³-hybridized carbons (Fsp3) is 0.900. The Morgan fingerprint density at radius 2 is 1.94 bits per heavy atom. The number of sulfone groups is 1. The van der Waals surface area contributed by atoms with E-state index in [4.69, 9.17) is 5.73 Å². The first-order valence-electron chi connectivity index (χ1n) is 5.39. The molecule has 0 bridgehead atoms. The van der Waals surface area contributed by atoms with Crippen LogP contribution in [0.25, 0.3) is 0 Å². The Bertz CT molecular complexity index is 327. The van der Waals surface area contributed by atoms with Crippen molar-refractivity contribution in [3.05, 3.63) is 0 Å². The highest BCUT2D eigenvalue weighted by Crippen LogP contribution is 2.04. The van der Waals surface area contributed by atoms with E-state index in [0.29, 0.717) is 6.42 Å². The molecule has 2 atom stereocenters. The lowest BCUT2D eigenvalue weighted by Gasteiger charge is -2.26. The van der Waals surface area contributed by atoms with Gasteiger partial charge in [-0.2, -0.15) is 0 Å². The van der Waals surface area contributed by atoms with Gasteiger partial charge >= 0.3 is 0 Å². The van der Waals surface area contributed by atoms with Crippen molar-refractivity contribution in [3.8, 4) is 0 Å². The Morgan fingerprint density at radius 3 is 2.31 bits per heavy atom. The van der Waals surface area contributed by atoms with E-state index in [9.17, 15) is 13.2 Å². The standard InChI is InChI=1S/C10H22N2O3S/c1-5-6-9(11)10(13)12(3)8(2)7-16(4,14)15/h8-9H,5-7,11H2,1-4H3. The third kappa shape index (κ3) is 5.46. The minimum Gasteiger partial charge on any atom is -0.341 e. The van der Waals surface area contributed by atoms with Gasteiger partial charge in [0, 0.05) is 19.3 Å². The van der Waals surface area contributed by atoms with Gasteiger partial charge in [-0.05, 0) is 13.3 Å². The van der Waals surface area contributed by atoms with Gasteiger partial charge in [0.2, 0.25) is 5.91 Å². The molecule has 0 aliphatic rings. The summed E-state index contributed by atoms with van der Waals surface area (Å²) in [4.78, 5) is 13.2. The minimum absolute atomic E-state index is 0.0336. The van der Waals surface area contributed by atoms with E-state index in [0.717, 1.165) is 12.7 Å². The molecule has 0 saturated carbocycles. The number of hydrogen-bond acceptors (Lipinski definition) is 4. The molecule has 0 aromatic carbocycles. The quantitative estimate of drug-likeness (QED) is 0.720. The highest BCUT2D eigenvalue weighted by atomic mass is 32.2. The predicted molar refractivity (Wildman–Crippen MR) is 64.8 cm³/mol. The van der Waals surface area contributed by atoms with Crippen LogP contribution < -0.4 is 5.73 Å². The van der Waals surface area contributed by atoms with Crippen molar-refractivity contribution in [2.24, 2.45) is 5.73 Å². The first-order valence-corrected chi connectivity index (χ1v) is 7.45. The summed E-state index contributed by atoms with van der Waals surface area (Å²) in [6.07, 6.45) is 2.61. The summed E-state index contributed by atoms with van der Waals surface area (Å²) in [5.74, 6) is -0.230. The summed E-state index contributed by atoms with van der Waals surface area (Å²) in [5.41, 5.74) is 5.69. The van der Waals surface area contributed by atoms with E-state index in [-0.39, 0.29) is 17.7 Å². The number of carbonyl (C=O) groups excluding carboxylic acids is 1. The van der Waals surface area contributed by atoms with Crippen molar-refractivity contribution in [3.63, 3.8) is 0 Å². The van der Waals surface area contributed by atoms with Crippen LogP contribution in [0.3, 0.4) is 0 Å². The van der Waals surface area contributed by atoms with Crippen molar-refractivity contribution in [1.29, 1.82) is 0 Å². The molecule has 0 fully saturated rings. The average Bonchev–Trinajstić information content (AvgIpc) is 2.13. The van der Waals surface area contributed by atoms with Crippen LogP contribution in [-0.2, 0) is 14.6 Å². The zero-order valence-corrected chi connectivity index (χ0v) is 11.3. The van der Waals surface area contributed by atoms with Crippen molar-refractivity contribution in [2.45, 2.75) is 38.8 Å². The van der Waals surface area contributed by atoms with Gasteiger partial charge < -0.3 is 10.6 Å². The zero-order valence-electron chi connectivity index (χ0n) is 10.4. The Labute approximate surface area is 97.9 Å². The maximum absolute atomic E-state index is 11.8. The van der Waals surface area contributed by atoms with Crippen LogP contribution in [-0.4, -0.2) is 50.4 Å². The summed E-state index contributed by atoms with van der Waals surface area (Å²) < 4.78 is 22.2. The summed E-state index contributed by atoms with van der Waals surface area (Å²) in [7, 11) is -1.48. The molecule has 0 saturated heterocycles. The molecule has 5 nitrogen and oxygen atoms in total. The van der Waals surface area contributed by atoms with Crippen molar-refractivity contribution in [2.75, 3.05) is 19.1 Å². The van der Waals surface area contributed by atoms with E-state index >= 15 is 0 Å². The molecule has 6 heteroatoms. The Morgan fingerprint density at radius 1 is 1.44 bits per heavy atom. The van der Waals surface area contributed by atoms with E-state index < -0.39 is 15.9 Å².